The number of hydrogen-bond acceptors (Lipinski definition) is 1. The highest BCUT2D eigenvalue weighted by Crippen LogP contribution is 2.57. The number of anilines is 1. The van der Waals surface area contributed by atoms with Gasteiger partial charge < -0.3 is 5.32 Å². The zero-order valence-electron chi connectivity index (χ0n) is 16.6. The van der Waals surface area contributed by atoms with Crippen molar-refractivity contribution in [3.63, 3.8) is 0 Å². The molecule has 1 aliphatic rings. The highest BCUT2D eigenvalue weighted by molar-refractivity contribution is 6.42. The summed E-state index contributed by atoms with van der Waals surface area (Å²) in [6.07, 6.45) is 1.56. The molecule has 154 valence electrons. The van der Waals surface area contributed by atoms with E-state index in [0.29, 0.717) is 34.9 Å². The fourth-order valence-corrected chi connectivity index (χ4v) is 4.09. The summed E-state index contributed by atoms with van der Waals surface area (Å²) in [4.78, 5) is 12.5. The van der Waals surface area contributed by atoms with Crippen molar-refractivity contribution in [2.75, 3.05) is 5.32 Å². The van der Waals surface area contributed by atoms with E-state index in [1.807, 2.05) is 49.4 Å². The summed E-state index contributed by atoms with van der Waals surface area (Å²) in [6.45, 7) is 1.95. The van der Waals surface area contributed by atoms with Crippen molar-refractivity contribution in [3.8, 4) is 0 Å². The number of nitrogens with one attached hydrogen (secondary N) is 1. The average molecular weight is 442 g/mol. The second-order valence-corrected chi connectivity index (χ2v) is 8.75. The molecule has 0 heterocycles. The average Bonchev–Trinajstić information content (AvgIpc) is 3.42. The minimum absolute atomic E-state index is 0.133. The van der Waals surface area contributed by atoms with Crippen molar-refractivity contribution in [1.29, 1.82) is 0 Å². The molecule has 1 aliphatic carbocycles. The number of carbonyl (C=O) groups is 1. The van der Waals surface area contributed by atoms with Crippen molar-refractivity contribution in [3.05, 3.63) is 99.0 Å². The lowest BCUT2D eigenvalue weighted by Gasteiger charge is -2.10. The first-order valence-corrected chi connectivity index (χ1v) is 10.7. The molecule has 3 aromatic rings. The third-order valence-corrected chi connectivity index (χ3v) is 6.53. The van der Waals surface area contributed by atoms with Crippen molar-refractivity contribution >= 4 is 34.8 Å². The van der Waals surface area contributed by atoms with Gasteiger partial charge in [0.2, 0.25) is 0 Å². The molecule has 1 saturated carbocycles. The Morgan fingerprint density at radius 3 is 2.50 bits per heavy atom. The normalized spacial score (nSPS) is 20.1. The number of para-hydroxylation sites is 1. The highest BCUT2D eigenvalue weighted by Gasteiger charge is 2.55. The number of aryl methyl sites for hydroxylation is 2. The zero-order chi connectivity index (χ0) is 21.3. The van der Waals surface area contributed by atoms with E-state index in [2.05, 4.69) is 5.32 Å². The number of amides is 1. The van der Waals surface area contributed by atoms with Crippen molar-refractivity contribution in [1.82, 2.24) is 0 Å². The first-order chi connectivity index (χ1) is 14.4. The molecule has 0 spiro atoms. The van der Waals surface area contributed by atoms with Gasteiger partial charge in [-0.2, -0.15) is 0 Å². The van der Waals surface area contributed by atoms with Gasteiger partial charge in [-0.25, -0.2) is 4.39 Å². The number of alkyl halides is 1. The fraction of sp³-hybridized carbons (Fsp3) is 0.240. The summed E-state index contributed by atoms with van der Waals surface area (Å²) in [6, 6.07) is 20.4. The van der Waals surface area contributed by atoms with Crippen LogP contribution in [0.25, 0.3) is 0 Å². The molecule has 4 rings (SSSR count). The van der Waals surface area contributed by atoms with Crippen molar-refractivity contribution in [2.45, 2.75) is 37.8 Å². The monoisotopic (exact) mass is 441 g/mol. The van der Waals surface area contributed by atoms with Gasteiger partial charge in [0.1, 0.15) is 5.67 Å². The fourth-order valence-electron chi connectivity index (χ4n) is 3.78. The number of halogens is 3. The molecular formula is C25H22Cl2FNO. The van der Waals surface area contributed by atoms with Crippen LogP contribution in [0.2, 0.25) is 10.0 Å². The van der Waals surface area contributed by atoms with E-state index in [1.54, 1.807) is 24.3 Å². The molecule has 30 heavy (non-hydrogen) atoms. The maximum Gasteiger partial charge on any atom is 0.255 e. The topological polar surface area (TPSA) is 29.1 Å². The molecule has 2 unspecified atom stereocenters. The van der Waals surface area contributed by atoms with E-state index in [-0.39, 0.29) is 11.8 Å². The number of rotatable bonds is 6. The molecule has 0 aliphatic heterocycles. The Morgan fingerprint density at radius 2 is 1.80 bits per heavy atom. The molecule has 0 aromatic heterocycles. The highest BCUT2D eigenvalue weighted by atomic mass is 35.5. The molecule has 0 radical (unpaired) electrons. The molecule has 1 N–H and O–H groups in total. The van der Waals surface area contributed by atoms with Crippen molar-refractivity contribution in [2.24, 2.45) is 0 Å². The third kappa shape index (κ3) is 4.53. The van der Waals surface area contributed by atoms with Gasteiger partial charge in [0, 0.05) is 17.2 Å². The summed E-state index contributed by atoms with van der Waals surface area (Å²) in [5, 5.41) is 3.87. The number of hydrogen-bond donors (Lipinski definition) is 1. The van der Waals surface area contributed by atoms with Crippen molar-refractivity contribution < 1.29 is 9.18 Å². The Kier molecular flexibility index (Phi) is 5.86. The molecule has 2 atom stereocenters. The van der Waals surface area contributed by atoms with E-state index in [1.165, 1.54) is 0 Å². The largest absolute Gasteiger partial charge is 0.322 e. The zero-order valence-corrected chi connectivity index (χ0v) is 18.1. The third-order valence-electron chi connectivity index (χ3n) is 5.79. The van der Waals surface area contributed by atoms with Gasteiger partial charge in [-0.3, -0.25) is 4.79 Å². The van der Waals surface area contributed by atoms with E-state index < -0.39 is 5.67 Å². The molecule has 0 bridgehead atoms. The SMILES string of the molecule is Cc1ccccc1NC(=O)c1ccc(CCC2(F)CC2c2ccc(Cl)c(Cl)c2)cc1. The van der Waals surface area contributed by atoms with E-state index in [4.69, 9.17) is 23.2 Å². The first kappa shape index (κ1) is 20.9. The molecule has 1 fully saturated rings. The Balaban J connectivity index is 1.34. The Labute approximate surface area is 186 Å². The summed E-state index contributed by atoms with van der Waals surface area (Å²) in [7, 11) is 0. The second-order valence-electron chi connectivity index (χ2n) is 7.93. The van der Waals surface area contributed by atoms with E-state index in [0.717, 1.165) is 22.4 Å². The Morgan fingerprint density at radius 1 is 1.07 bits per heavy atom. The maximum atomic E-state index is 15.1. The van der Waals surface area contributed by atoms with Gasteiger partial charge in [-0.1, -0.05) is 59.6 Å². The van der Waals surface area contributed by atoms with Crippen LogP contribution in [0.3, 0.4) is 0 Å². The molecular weight excluding hydrogens is 420 g/mol. The van der Waals surface area contributed by atoms with Gasteiger partial charge in [0.05, 0.1) is 10.0 Å². The summed E-state index contributed by atoms with van der Waals surface area (Å²) in [5.41, 5.74) is 3.09. The Hall–Kier alpha value is -2.36. The van der Waals surface area contributed by atoms with Crippen LogP contribution in [-0.2, 0) is 6.42 Å². The van der Waals surface area contributed by atoms with Gasteiger partial charge in [-0.15, -0.1) is 0 Å². The molecule has 2 nitrogen and oxygen atoms in total. The van der Waals surface area contributed by atoms with Crippen LogP contribution in [-0.4, -0.2) is 11.6 Å². The molecule has 1 amide bonds. The minimum atomic E-state index is -1.21. The van der Waals surface area contributed by atoms with Gasteiger partial charge in [-0.05, 0) is 73.2 Å². The quantitative estimate of drug-likeness (QED) is 0.424. The predicted octanol–water partition coefficient (Wildman–Crippen LogP) is 7.38. The standard InChI is InChI=1S/C25H22Cl2FNO/c1-16-4-2-3-5-23(16)29-24(30)18-8-6-17(7-9-18)12-13-25(28)15-20(25)19-10-11-21(26)22(27)14-19/h2-11,14,20H,12-13,15H2,1H3,(H,29,30). The van der Waals surface area contributed by atoms with Crippen LogP contribution in [0, 0.1) is 6.92 Å². The predicted molar refractivity (Wildman–Crippen MR) is 122 cm³/mol. The first-order valence-electron chi connectivity index (χ1n) is 9.95. The maximum absolute atomic E-state index is 15.1. The van der Waals surface area contributed by atoms with Gasteiger partial charge in [0.15, 0.2) is 0 Å². The second kappa shape index (κ2) is 8.41. The van der Waals surface area contributed by atoms with Crippen LogP contribution in [0.4, 0.5) is 10.1 Å². The number of benzene rings is 3. The summed E-state index contributed by atoms with van der Waals surface area (Å²) >= 11 is 12.0. The van der Waals surface area contributed by atoms with Crippen LogP contribution < -0.4 is 5.32 Å². The lowest BCUT2D eigenvalue weighted by molar-refractivity contribution is 0.102. The van der Waals surface area contributed by atoms with Crippen LogP contribution in [0.1, 0.15) is 45.8 Å². The Bertz CT molecular complexity index is 1080. The molecule has 3 aromatic carbocycles. The lowest BCUT2D eigenvalue weighted by atomic mass is 10.0. The summed E-state index contributed by atoms with van der Waals surface area (Å²) < 4.78 is 15.1. The lowest BCUT2D eigenvalue weighted by Crippen LogP contribution is -2.12. The van der Waals surface area contributed by atoms with Crippen LogP contribution >= 0.6 is 23.2 Å². The smallest absolute Gasteiger partial charge is 0.255 e. The van der Waals surface area contributed by atoms with E-state index in [9.17, 15) is 4.79 Å². The van der Waals surface area contributed by atoms with Crippen LogP contribution in [0.5, 0.6) is 0 Å². The minimum Gasteiger partial charge on any atom is -0.322 e. The van der Waals surface area contributed by atoms with Crippen LogP contribution in [0.15, 0.2) is 66.7 Å². The van der Waals surface area contributed by atoms with Gasteiger partial charge >= 0.3 is 0 Å². The molecule has 0 saturated heterocycles. The number of carbonyl (C=O) groups excluding carboxylic acids is 1. The van der Waals surface area contributed by atoms with E-state index >= 15 is 4.39 Å². The van der Waals surface area contributed by atoms with Gasteiger partial charge in [0.25, 0.3) is 5.91 Å². The molecule has 5 heteroatoms. The summed E-state index contributed by atoms with van der Waals surface area (Å²) in [5.74, 6) is -0.286.